The molecule has 0 aliphatic rings. The van der Waals surface area contributed by atoms with E-state index in [9.17, 15) is 4.79 Å². The minimum atomic E-state index is -1.04. The van der Waals surface area contributed by atoms with Crippen LogP contribution in [0, 0.1) is 0 Å². The number of carboxylic acid groups (broad SMARTS) is 1. The summed E-state index contributed by atoms with van der Waals surface area (Å²) in [6.45, 7) is 0. The smallest absolute Gasteiger partial charge is 0.372 e. The molecule has 1 rings (SSSR count). The van der Waals surface area contributed by atoms with Crippen LogP contribution in [0.1, 0.15) is 17.2 Å². The van der Waals surface area contributed by atoms with Gasteiger partial charge < -0.3 is 9.84 Å². The Bertz CT molecular complexity index is 468. The molecular formula is C11H15N4O3+. The molecule has 0 aliphatic carbocycles. The number of hydrogen-bond donors (Lipinski definition) is 3. The number of amidine groups is 1. The molecule has 0 aromatic heterocycles. The summed E-state index contributed by atoms with van der Waals surface area (Å²) in [6, 6.07) is 6.66. The van der Waals surface area contributed by atoms with E-state index in [1.54, 1.807) is 24.3 Å². The molecule has 96 valence electrons. The molecule has 0 saturated heterocycles. The van der Waals surface area contributed by atoms with Crippen molar-refractivity contribution in [1.82, 2.24) is 0 Å². The summed E-state index contributed by atoms with van der Waals surface area (Å²) in [5, 5.41) is 18.8. The Balaban J connectivity index is 3.02. The molecule has 0 amide bonds. The van der Waals surface area contributed by atoms with E-state index in [1.807, 2.05) is 0 Å². The second-order valence-electron chi connectivity index (χ2n) is 3.37. The Morgan fingerprint density at radius 3 is 2.44 bits per heavy atom. The van der Waals surface area contributed by atoms with Crippen LogP contribution in [0.5, 0.6) is 0 Å². The number of aliphatic carboxylic acids is 1. The minimum Gasteiger partial charge on any atom is -0.479 e. The van der Waals surface area contributed by atoms with Crippen LogP contribution in [0.15, 0.2) is 34.5 Å². The highest BCUT2D eigenvalue weighted by Crippen LogP contribution is 2.17. The zero-order valence-electron chi connectivity index (χ0n) is 10.1. The normalized spacial score (nSPS) is 13.8. The number of methoxy groups -OCH3 is 1. The fourth-order valence-electron chi connectivity index (χ4n) is 1.47. The van der Waals surface area contributed by atoms with Crippen LogP contribution in [-0.2, 0) is 9.53 Å². The van der Waals surface area contributed by atoms with Gasteiger partial charge in [0, 0.05) is 7.11 Å². The number of carbonyl (C=O) groups is 1. The highest BCUT2D eigenvalue weighted by atomic mass is 16.5. The second-order valence-corrected chi connectivity index (χ2v) is 3.37. The predicted molar refractivity (Wildman–Crippen MR) is 63.9 cm³/mol. The van der Waals surface area contributed by atoms with E-state index in [0.29, 0.717) is 17.0 Å². The molecule has 0 saturated carbocycles. The maximum absolute atomic E-state index is 10.9. The van der Waals surface area contributed by atoms with Crippen LogP contribution < -0.4 is 10.9 Å². The highest BCUT2D eigenvalue weighted by Gasteiger charge is 2.19. The highest BCUT2D eigenvalue weighted by molar-refractivity contribution is 5.94. The number of nitrogens with zero attached hydrogens (tertiary/aromatic N) is 2. The van der Waals surface area contributed by atoms with Crippen molar-refractivity contribution in [2.24, 2.45) is 16.1 Å². The third kappa shape index (κ3) is 3.11. The molecule has 18 heavy (non-hydrogen) atoms. The molecule has 1 aromatic carbocycles. The maximum atomic E-state index is 10.9. The van der Waals surface area contributed by atoms with Gasteiger partial charge in [0.25, 0.3) is 0 Å². The van der Waals surface area contributed by atoms with Crippen LogP contribution in [0.2, 0.25) is 0 Å². The van der Waals surface area contributed by atoms with Crippen LogP contribution in [-0.4, -0.2) is 31.1 Å². The first kappa shape index (κ1) is 13.8. The van der Waals surface area contributed by atoms with Crippen LogP contribution in [0.3, 0.4) is 0 Å². The molecule has 0 heterocycles. The van der Waals surface area contributed by atoms with E-state index in [2.05, 4.69) is 15.3 Å². The molecule has 0 bridgehead atoms. The lowest BCUT2D eigenvalue weighted by atomic mass is 10.1. The monoisotopic (exact) mass is 251 g/mol. The van der Waals surface area contributed by atoms with E-state index >= 15 is 0 Å². The van der Waals surface area contributed by atoms with Gasteiger partial charge in [-0.2, -0.15) is 5.10 Å². The zero-order chi connectivity index (χ0) is 13.5. The van der Waals surface area contributed by atoms with Crippen LogP contribution in [0.25, 0.3) is 0 Å². The van der Waals surface area contributed by atoms with Crippen molar-refractivity contribution >= 4 is 11.8 Å². The molecule has 0 radical (unpaired) electrons. The number of azo groups is 1. The average molecular weight is 251 g/mol. The van der Waals surface area contributed by atoms with Gasteiger partial charge in [0.1, 0.15) is 0 Å². The van der Waals surface area contributed by atoms with Gasteiger partial charge in [-0.15, -0.1) is 0 Å². The predicted octanol–water partition coefficient (Wildman–Crippen LogP) is -0.758. The number of ether oxygens (including phenoxy) is 1. The number of hydrazone groups is 1. The van der Waals surface area contributed by atoms with Crippen molar-refractivity contribution in [3.63, 3.8) is 0 Å². The lowest BCUT2D eigenvalue weighted by molar-refractivity contribution is -0.469. The molecule has 1 aromatic rings. The van der Waals surface area contributed by atoms with Gasteiger partial charge in [-0.3, -0.25) is 5.84 Å². The van der Waals surface area contributed by atoms with E-state index in [0.717, 1.165) is 0 Å². The molecule has 1 unspecified atom stereocenters. The Labute approximate surface area is 104 Å². The Morgan fingerprint density at radius 1 is 1.44 bits per heavy atom. The van der Waals surface area contributed by atoms with Gasteiger partial charge in [0.2, 0.25) is 0 Å². The topological polar surface area (TPSA) is 111 Å². The maximum Gasteiger partial charge on any atom is 0.372 e. The first-order chi connectivity index (χ1) is 8.63. The number of hydrazine groups is 1. The van der Waals surface area contributed by atoms with E-state index < -0.39 is 12.1 Å². The molecule has 4 N–H and O–H groups in total. The fourth-order valence-corrected chi connectivity index (χ4v) is 1.47. The standard InChI is InChI=1S/C11H14N4O3/c1-13-15-10(14-12)8-5-3-7(4-6-8)9(18-2)11(16)17/h3-6,9H,12H2,1-2H3,(H,16,17)/p+1. The molecular weight excluding hydrogens is 236 g/mol. The molecule has 1 atom stereocenters. The van der Waals surface area contributed by atoms with Crippen molar-refractivity contribution in [3.8, 4) is 0 Å². The van der Waals surface area contributed by atoms with Crippen LogP contribution >= 0.6 is 0 Å². The number of benzene rings is 1. The quantitative estimate of drug-likeness (QED) is 0.215. The molecule has 0 fully saturated rings. The minimum absolute atomic E-state index is 0.397. The Morgan fingerprint density at radius 2 is 2.06 bits per heavy atom. The number of carboxylic acids is 1. The molecule has 7 nitrogen and oxygen atoms in total. The van der Waals surface area contributed by atoms with Gasteiger partial charge in [0.05, 0.1) is 17.7 Å². The van der Waals surface area contributed by atoms with E-state index in [-0.39, 0.29) is 0 Å². The summed E-state index contributed by atoms with van der Waals surface area (Å²) in [5.74, 6) is 4.66. The Hall–Kier alpha value is -2.28. The van der Waals surface area contributed by atoms with Gasteiger partial charge in [-0.1, -0.05) is 17.2 Å². The van der Waals surface area contributed by atoms with Gasteiger partial charge in [0.15, 0.2) is 6.10 Å². The first-order valence-electron chi connectivity index (χ1n) is 5.13. The summed E-state index contributed by atoms with van der Waals surface area (Å²) in [4.78, 5) is 10.9. The Kier molecular flexibility index (Phi) is 4.94. The van der Waals surface area contributed by atoms with E-state index in [4.69, 9.17) is 15.7 Å². The second kappa shape index (κ2) is 6.45. The van der Waals surface area contributed by atoms with Crippen molar-refractivity contribution in [1.29, 1.82) is 0 Å². The first-order valence-corrected chi connectivity index (χ1v) is 5.13. The molecule has 7 heteroatoms. The summed E-state index contributed by atoms with van der Waals surface area (Å²) in [5.41, 5.74) is 1.24. The zero-order valence-corrected chi connectivity index (χ0v) is 10.1. The summed E-state index contributed by atoms with van der Waals surface area (Å²) in [6.07, 6.45) is -0.985. The number of nitrogens with one attached hydrogen (secondary N) is 1. The number of rotatable bonds is 4. The summed E-state index contributed by atoms with van der Waals surface area (Å²) >= 11 is 0. The van der Waals surface area contributed by atoms with Gasteiger partial charge in [-0.05, 0) is 17.7 Å². The van der Waals surface area contributed by atoms with Crippen molar-refractivity contribution in [2.45, 2.75) is 6.10 Å². The number of nitrogens with two attached hydrogens (primary N) is 1. The van der Waals surface area contributed by atoms with Gasteiger partial charge in [-0.25, -0.2) is 4.79 Å². The molecule has 0 aliphatic heterocycles. The lowest BCUT2D eigenvalue weighted by Crippen LogP contribution is -2.80. The molecule has 0 spiro atoms. The van der Waals surface area contributed by atoms with Crippen molar-refractivity contribution in [3.05, 3.63) is 35.4 Å². The van der Waals surface area contributed by atoms with Crippen molar-refractivity contribution < 1.29 is 19.7 Å². The van der Waals surface area contributed by atoms with Crippen LogP contribution in [0.4, 0.5) is 0 Å². The third-order valence-corrected chi connectivity index (χ3v) is 2.28. The SMILES string of the molecule is CN=NC(=[NH+]N)c1ccc(C(OC)C(=O)O)cc1. The number of hydrogen-bond acceptors (Lipinski definition) is 4. The van der Waals surface area contributed by atoms with Gasteiger partial charge >= 0.3 is 11.8 Å². The summed E-state index contributed by atoms with van der Waals surface area (Å²) in [7, 11) is 2.87. The third-order valence-electron chi connectivity index (χ3n) is 2.28. The fraction of sp³-hybridized carbons (Fsp3) is 0.273. The lowest BCUT2D eigenvalue weighted by Gasteiger charge is -2.10. The summed E-state index contributed by atoms with van der Waals surface area (Å²) < 4.78 is 4.88. The van der Waals surface area contributed by atoms with Crippen molar-refractivity contribution in [2.75, 3.05) is 14.2 Å². The van der Waals surface area contributed by atoms with E-state index in [1.165, 1.54) is 14.2 Å². The largest absolute Gasteiger partial charge is 0.479 e. The average Bonchev–Trinajstić information content (AvgIpc) is 2.37.